The van der Waals surface area contributed by atoms with E-state index in [4.69, 9.17) is 4.74 Å². The highest BCUT2D eigenvalue weighted by molar-refractivity contribution is 7.78. The van der Waals surface area contributed by atoms with Gasteiger partial charge in [0.05, 0.1) is 0 Å². The van der Waals surface area contributed by atoms with Crippen LogP contribution in [0.4, 0.5) is 0 Å². The monoisotopic (exact) mass is 433 g/mol. The fraction of sp³-hybridized carbons (Fsp3) is 0.333. The van der Waals surface area contributed by atoms with Crippen molar-refractivity contribution in [2.45, 2.75) is 25.9 Å². The molecule has 0 unspecified atom stereocenters. The summed E-state index contributed by atoms with van der Waals surface area (Å²) >= 11 is 0. The molecule has 4 rings (SSSR count). The van der Waals surface area contributed by atoms with Crippen LogP contribution in [-0.4, -0.2) is 31.1 Å². The Bertz CT molecular complexity index is 937. The SMILES string of the molecule is CC1CCN(CCOc2ccc(CP(=O)(c3ccccc3)c3ccccc3)cc2)CC1. The summed E-state index contributed by atoms with van der Waals surface area (Å²) in [4.78, 5) is 2.49. The molecule has 4 heteroatoms. The summed E-state index contributed by atoms with van der Waals surface area (Å²) < 4.78 is 20.2. The molecule has 0 atom stereocenters. The lowest BCUT2D eigenvalue weighted by atomic mass is 9.99. The van der Waals surface area contributed by atoms with Gasteiger partial charge in [-0.1, -0.05) is 79.7 Å². The number of hydrogen-bond acceptors (Lipinski definition) is 3. The molecule has 0 aliphatic carbocycles. The third-order valence-electron chi connectivity index (χ3n) is 6.23. The predicted molar refractivity (Wildman–Crippen MR) is 130 cm³/mol. The number of hydrogen-bond donors (Lipinski definition) is 0. The second-order valence-electron chi connectivity index (χ2n) is 8.59. The summed E-state index contributed by atoms with van der Waals surface area (Å²) in [6.07, 6.45) is 3.09. The molecule has 0 N–H and O–H groups in total. The lowest BCUT2D eigenvalue weighted by Crippen LogP contribution is -2.35. The summed E-state index contributed by atoms with van der Waals surface area (Å²) in [5, 5.41) is 1.80. The number of nitrogens with zero attached hydrogens (tertiary/aromatic N) is 1. The fourth-order valence-corrected chi connectivity index (χ4v) is 6.89. The maximum atomic E-state index is 14.2. The Balaban J connectivity index is 1.41. The Hall–Kier alpha value is -2.35. The standard InChI is InChI=1S/C27H32NO2P/c1-23-16-18-28(19-17-23)20-21-30-25-14-12-24(13-15-25)22-31(29,26-8-4-2-5-9-26)27-10-6-3-7-11-27/h2-15,23H,16-22H2,1H3. The molecule has 3 aromatic carbocycles. The zero-order chi connectivity index (χ0) is 21.5. The van der Waals surface area contributed by atoms with Crippen LogP contribution in [0.2, 0.25) is 0 Å². The molecule has 1 aliphatic rings. The van der Waals surface area contributed by atoms with Gasteiger partial charge in [-0.15, -0.1) is 0 Å². The van der Waals surface area contributed by atoms with Gasteiger partial charge in [0.15, 0.2) is 0 Å². The van der Waals surface area contributed by atoms with E-state index < -0.39 is 7.14 Å². The number of likely N-dealkylation sites (tertiary alicyclic amines) is 1. The van der Waals surface area contributed by atoms with Gasteiger partial charge in [-0.2, -0.15) is 0 Å². The highest BCUT2D eigenvalue weighted by atomic mass is 31.2. The number of benzene rings is 3. The van der Waals surface area contributed by atoms with Crippen molar-refractivity contribution in [3.8, 4) is 5.75 Å². The van der Waals surface area contributed by atoms with E-state index in [1.807, 2.05) is 72.8 Å². The normalized spacial score (nSPS) is 15.6. The Labute approximate surface area is 186 Å². The van der Waals surface area contributed by atoms with Gasteiger partial charge in [0, 0.05) is 23.3 Å². The Morgan fingerprint density at radius 2 is 1.39 bits per heavy atom. The first-order valence-electron chi connectivity index (χ1n) is 11.3. The van der Waals surface area contributed by atoms with Crippen molar-refractivity contribution < 1.29 is 9.30 Å². The van der Waals surface area contributed by atoms with E-state index in [0.717, 1.165) is 34.4 Å². The second-order valence-corrected chi connectivity index (χ2v) is 11.4. The van der Waals surface area contributed by atoms with E-state index in [-0.39, 0.29) is 0 Å². The van der Waals surface area contributed by atoms with Gasteiger partial charge in [0.25, 0.3) is 0 Å². The lowest BCUT2D eigenvalue weighted by Gasteiger charge is -2.29. The van der Waals surface area contributed by atoms with Crippen LogP contribution in [-0.2, 0) is 10.7 Å². The van der Waals surface area contributed by atoms with E-state index in [1.165, 1.54) is 25.9 Å². The molecule has 1 fully saturated rings. The second kappa shape index (κ2) is 10.3. The molecule has 1 saturated heterocycles. The van der Waals surface area contributed by atoms with Gasteiger partial charge in [-0.25, -0.2) is 0 Å². The van der Waals surface area contributed by atoms with Crippen molar-refractivity contribution in [1.82, 2.24) is 4.90 Å². The maximum Gasteiger partial charge on any atom is 0.147 e. The maximum absolute atomic E-state index is 14.2. The van der Waals surface area contributed by atoms with E-state index in [0.29, 0.717) is 12.8 Å². The average Bonchev–Trinajstić information content (AvgIpc) is 2.82. The highest BCUT2D eigenvalue weighted by Crippen LogP contribution is 2.46. The number of rotatable bonds is 8. The third kappa shape index (κ3) is 5.67. The first-order valence-corrected chi connectivity index (χ1v) is 13.2. The van der Waals surface area contributed by atoms with Crippen molar-refractivity contribution in [1.29, 1.82) is 0 Å². The molecule has 1 aliphatic heterocycles. The van der Waals surface area contributed by atoms with Crippen molar-refractivity contribution >= 4 is 17.8 Å². The van der Waals surface area contributed by atoms with Crippen molar-refractivity contribution in [2.75, 3.05) is 26.2 Å². The molecule has 0 radical (unpaired) electrons. The molecule has 0 spiro atoms. The van der Waals surface area contributed by atoms with E-state index >= 15 is 0 Å². The Morgan fingerprint density at radius 1 is 0.839 bits per heavy atom. The molecule has 1 heterocycles. The van der Waals surface area contributed by atoms with Crippen LogP contribution < -0.4 is 15.3 Å². The van der Waals surface area contributed by atoms with Crippen LogP contribution in [0.1, 0.15) is 25.3 Å². The van der Waals surface area contributed by atoms with Gasteiger partial charge in [0.2, 0.25) is 0 Å². The molecule has 31 heavy (non-hydrogen) atoms. The summed E-state index contributed by atoms with van der Waals surface area (Å²) in [7, 11) is -2.75. The van der Waals surface area contributed by atoms with E-state index in [1.54, 1.807) is 0 Å². The first kappa shape index (κ1) is 21.9. The largest absolute Gasteiger partial charge is 0.492 e. The van der Waals surface area contributed by atoms with Gasteiger partial charge >= 0.3 is 0 Å². The van der Waals surface area contributed by atoms with Crippen LogP contribution in [0.25, 0.3) is 0 Å². The summed E-state index contributed by atoms with van der Waals surface area (Å²) in [5.41, 5.74) is 1.06. The fourth-order valence-electron chi connectivity index (χ4n) is 4.20. The highest BCUT2D eigenvalue weighted by Gasteiger charge is 2.27. The molecular weight excluding hydrogens is 401 g/mol. The van der Waals surface area contributed by atoms with Crippen molar-refractivity contribution in [3.63, 3.8) is 0 Å². The minimum Gasteiger partial charge on any atom is -0.492 e. The van der Waals surface area contributed by atoms with Gasteiger partial charge < -0.3 is 9.30 Å². The summed E-state index contributed by atoms with van der Waals surface area (Å²) in [6.45, 7) is 6.38. The van der Waals surface area contributed by atoms with Crippen LogP contribution in [0, 0.1) is 5.92 Å². The number of piperidine rings is 1. The predicted octanol–water partition coefficient (Wildman–Crippen LogP) is 5.31. The smallest absolute Gasteiger partial charge is 0.147 e. The molecule has 162 valence electrons. The van der Waals surface area contributed by atoms with E-state index in [9.17, 15) is 4.57 Å². The van der Waals surface area contributed by atoms with Crippen LogP contribution in [0.3, 0.4) is 0 Å². The molecule has 3 aromatic rings. The molecule has 3 nitrogen and oxygen atoms in total. The average molecular weight is 434 g/mol. The minimum atomic E-state index is -2.75. The van der Waals surface area contributed by atoms with Gasteiger partial charge in [-0.05, 0) is 49.5 Å². The first-order chi connectivity index (χ1) is 15.1. The van der Waals surface area contributed by atoms with Gasteiger partial charge in [0.1, 0.15) is 19.5 Å². The Kier molecular flexibility index (Phi) is 7.27. The Morgan fingerprint density at radius 3 is 1.94 bits per heavy atom. The molecule has 0 bridgehead atoms. The van der Waals surface area contributed by atoms with Gasteiger partial charge in [-0.3, -0.25) is 4.90 Å². The quantitative estimate of drug-likeness (QED) is 0.451. The molecule has 0 saturated carbocycles. The van der Waals surface area contributed by atoms with Crippen molar-refractivity contribution in [2.24, 2.45) is 5.92 Å². The minimum absolute atomic E-state index is 0.507. The number of ether oxygens (including phenoxy) is 1. The summed E-state index contributed by atoms with van der Waals surface area (Å²) in [6, 6.07) is 27.8. The van der Waals surface area contributed by atoms with Crippen LogP contribution >= 0.6 is 7.14 Å². The van der Waals surface area contributed by atoms with Crippen molar-refractivity contribution in [3.05, 3.63) is 90.5 Å². The molecular formula is C27H32NO2P. The third-order valence-corrected chi connectivity index (χ3v) is 9.30. The molecule has 0 amide bonds. The molecule has 0 aromatic heterocycles. The van der Waals surface area contributed by atoms with Crippen LogP contribution in [0.15, 0.2) is 84.9 Å². The topological polar surface area (TPSA) is 29.5 Å². The lowest BCUT2D eigenvalue weighted by molar-refractivity contribution is 0.160. The summed E-state index contributed by atoms with van der Waals surface area (Å²) in [5.74, 6) is 1.73. The van der Waals surface area contributed by atoms with E-state index in [2.05, 4.69) is 24.0 Å². The van der Waals surface area contributed by atoms with Crippen LogP contribution in [0.5, 0.6) is 5.75 Å². The zero-order valence-electron chi connectivity index (χ0n) is 18.3. The zero-order valence-corrected chi connectivity index (χ0v) is 19.2.